The van der Waals surface area contributed by atoms with Crippen LogP contribution in [0.2, 0.25) is 0 Å². The highest BCUT2D eigenvalue weighted by Gasteiger charge is 2.21. The molecule has 76 valence electrons. The molecule has 1 aromatic rings. The Morgan fingerprint density at radius 2 is 2.14 bits per heavy atom. The Kier molecular flexibility index (Phi) is 2.95. The summed E-state index contributed by atoms with van der Waals surface area (Å²) in [7, 11) is 0. The number of hydrogen-bond donors (Lipinski definition) is 1. The molecule has 1 aromatic heterocycles. The number of halogens is 4. The zero-order valence-electron chi connectivity index (χ0n) is 6.60. The maximum atomic E-state index is 12.7. The second-order valence-corrected chi connectivity index (χ2v) is 2.72. The summed E-state index contributed by atoms with van der Waals surface area (Å²) in [6, 6.07) is 0.735. The van der Waals surface area contributed by atoms with E-state index in [1.165, 1.54) is 0 Å². The normalized spacial score (nSPS) is 10.6. The number of rotatable bonds is 2. The summed E-state index contributed by atoms with van der Waals surface area (Å²) in [5, 5.41) is -1.15. The van der Waals surface area contributed by atoms with Gasteiger partial charge >= 0.3 is 0 Å². The van der Waals surface area contributed by atoms with E-state index in [0.29, 0.717) is 0 Å². The number of carbonyl (C=O) groups is 1. The summed E-state index contributed by atoms with van der Waals surface area (Å²) in [5.74, 6) is -1.25. The first-order valence-electron chi connectivity index (χ1n) is 3.37. The largest absolute Gasteiger partial charge is 0.395 e. The monoisotopic (exact) mass is 224 g/mol. The predicted octanol–water partition coefficient (Wildman–Crippen LogP) is 2.12. The van der Waals surface area contributed by atoms with Crippen molar-refractivity contribution in [3.8, 4) is 0 Å². The molecule has 0 aliphatic carbocycles. The summed E-state index contributed by atoms with van der Waals surface area (Å²) in [4.78, 5) is 13.5. The Balaban J connectivity index is 3.39. The number of anilines is 1. The fourth-order valence-corrected chi connectivity index (χ4v) is 0.995. The van der Waals surface area contributed by atoms with E-state index in [0.717, 1.165) is 6.07 Å². The van der Waals surface area contributed by atoms with Crippen LogP contribution in [0.1, 0.15) is 22.5 Å². The van der Waals surface area contributed by atoms with Gasteiger partial charge in [0.05, 0.1) is 11.3 Å². The van der Waals surface area contributed by atoms with Crippen LogP contribution < -0.4 is 5.73 Å². The third-order valence-corrected chi connectivity index (χ3v) is 1.65. The standard InChI is InChI=1S/C7H4ClF3N2O/c8-5(14)2-1-3(12)7(11)13-4(2)6(9)10/h1,6H,12H2. The van der Waals surface area contributed by atoms with Crippen LogP contribution >= 0.6 is 11.6 Å². The van der Waals surface area contributed by atoms with E-state index in [1.54, 1.807) is 0 Å². The van der Waals surface area contributed by atoms with Crippen molar-refractivity contribution in [3.63, 3.8) is 0 Å². The number of aromatic nitrogens is 1. The Morgan fingerprint density at radius 3 is 2.57 bits per heavy atom. The SMILES string of the molecule is Nc1cc(C(=O)Cl)c(C(F)F)nc1F. The van der Waals surface area contributed by atoms with E-state index < -0.39 is 34.6 Å². The van der Waals surface area contributed by atoms with Gasteiger partial charge in [0, 0.05) is 0 Å². The lowest BCUT2D eigenvalue weighted by Gasteiger charge is -2.05. The molecule has 0 amide bonds. The fourth-order valence-electron chi connectivity index (χ4n) is 0.843. The van der Waals surface area contributed by atoms with Crippen LogP contribution in [0.15, 0.2) is 6.07 Å². The summed E-state index contributed by atoms with van der Waals surface area (Å²) in [6.07, 6.45) is -3.08. The highest BCUT2D eigenvalue weighted by Crippen LogP contribution is 2.24. The van der Waals surface area contributed by atoms with Gasteiger partial charge < -0.3 is 5.73 Å². The Bertz CT molecular complexity index is 383. The van der Waals surface area contributed by atoms with E-state index >= 15 is 0 Å². The molecular weight excluding hydrogens is 221 g/mol. The van der Waals surface area contributed by atoms with Gasteiger partial charge in [-0.3, -0.25) is 4.79 Å². The summed E-state index contributed by atoms with van der Waals surface area (Å²) >= 11 is 4.99. The van der Waals surface area contributed by atoms with Crippen LogP contribution in [-0.2, 0) is 0 Å². The average Bonchev–Trinajstić information content (AvgIpc) is 2.08. The molecule has 0 fully saturated rings. The van der Waals surface area contributed by atoms with Gasteiger partial charge in [0.15, 0.2) is 0 Å². The molecule has 0 unspecified atom stereocenters. The number of hydrogen-bond acceptors (Lipinski definition) is 3. The Morgan fingerprint density at radius 1 is 1.57 bits per heavy atom. The first-order valence-corrected chi connectivity index (χ1v) is 3.75. The number of alkyl halides is 2. The highest BCUT2D eigenvalue weighted by molar-refractivity contribution is 6.67. The Hall–Kier alpha value is -1.30. The molecule has 7 heteroatoms. The molecule has 0 atom stereocenters. The van der Waals surface area contributed by atoms with Crippen molar-refractivity contribution in [2.45, 2.75) is 6.43 Å². The molecule has 14 heavy (non-hydrogen) atoms. The molecule has 3 nitrogen and oxygen atoms in total. The topological polar surface area (TPSA) is 56.0 Å². The van der Waals surface area contributed by atoms with Gasteiger partial charge in [0.25, 0.3) is 11.7 Å². The number of nitrogens with zero attached hydrogens (tertiary/aromatic N) is 1. The van der Waals surface area contributed by atoms with Gasteiger partial charge in [-0.05, 0) is 17.7 Å². The summed E-state index contributed by atoms with van der Waals surface area (Å²) in [6.45, 7) is 0. The summed E-state index contributed by atoms with van der Waals surface area (Å²) in [5.41, 5.74) is 2.95. The molecule has 0 saturated carbocycles. The first kappa shape index (κ1) is 10.8. The smallest absolute Gasteiger partial charge is 0.281 e. The van der Waals surface area contributed by atoms with Gasteiger partial charge in [-0.25, -0.2) is 13.8 Å². The minimum Gasteiger partial charge on any atom is -0.395 e. The molecule has 1 heterocycles. The van der Waals surface area contributed by atoms with Crippen molar-refractivity contribution in [2.24, 2.45) is 0 Å². The fraction of sp³-hybridized carbons (Fsp3) is 0.143. The molecule has 0 aliphatic heterocycles. The zero-order chi connectivity index (χ0) is 10.9. The number of carbonyl (C=O) groups excluding carboxylic acids is 1. The quantitative estimate of drug-likeness (QED) is 0.618. The lowest BCUT2D eigenvalue weighted by atomic mass is 10.2. The van der Waals surface area contributed by atoms with E-state index in [2.05, 4.69) is 4.98 Å². The minimum absolute atomic E-state index is 0.501. The highest BCUT2D eigenvalue weighted by atomic mass is 35.5. The van der Waals surface area contributed by atoms with Crippen LogP contribution in [0.3, 0.4) is 0 Å². The molecule has 0 saturated heterocycles. The van der Waals surface area contributed by atoms with Crippen molar-refractivity contribution < 1.29 is 18.0 Å². The third-order valence-electron chi connectivity index (χ3n) is 1.45. The molecule has 1 rings (SSSR count). The predicted molar refractivity (Wildman–Crippen MR) is 43.7 cm³/mol. The van der Waals surface area contributed by atoms with Crippen LogP contribution in [0.25, 0.3) is 0 Å². The van der Waals surface area contributed by atoms with Gasteiger partial charge in [0.1, 0.15) is 5.69 Å². The first-order chi connectivity index (χ1) is 6.43. The molecule has 0 aliphatic rings. The van der Waals surface area contributed by atoms with Gasteiger partial charge in [-0.15, -0.1) is 0 Å². The van der Waals surface area contributed by atoms with Gasteiger partial charge in [-0.2, -0.15) is 4.39 Å². The molecular formula is C7H4ClF3N2O. The summed E-state index contributed by atoms with van der Waals surface area (Å²) < 4.78 is 37.1. The molecule has 0 aromatic carbocycles. The third kappa shape index (κ3) is 1.95. The van der Waals surface area contributed by atoms with Crippen molar-refractivity contribution >= 4 is 22.5 Å². The molecule has 0 spiro atoms. The van der Waals surface area contributed by atoms with Crippen LogP contribution in [-0.4, -0.2) is 10.2 Å². The van der Waals surface area contributed by atoms with E-state index in [-0.39, 0.29) is 0 Å². The second-order valence-electron chi connectivity index (χ2n) is 2.38. The molecule has 0 bridgehead atoms. The lowest BCUT2D eigenvalue weighted by molar-refractivity contribution is 0.106. The zero-order valence-corrected chi connectivity index (χ0v) is 7.36. The maximum Gasteiger partial charge on any atom is 0.281 e. The molecule has 2 N–H and O–H groups in total. The minimum atomic E-state index is -3.08. The van der Waals surface area contributed by atoms with E-state index in [4.69, 9.17) is 17.3 Å². The van der Waals surface area contributed by atoms with Crippen molar-refractivity contribution in [2.75, 3.05) is 5.73 Å². The number of nitrogen functional groups attached to an aromatic ring is 1. The van der Waals surface area contributed by atoms with Crippen molar-refractivity contribution in [1.29, 1.82) is 0 Å². The van der Waals surface area contributed by atoms with Gasteiger partial charge in [-0.1, -0.05) is 0 Å². The van der Waals surface area contributed by atoms with E-state index in [1.807, 2.05) is 0 Å². The van der Waals surface area contributed by atoms with Crippen molar-refractivity contribution in [1.82, 2.24) is 4.98 Å². The number of nitrogens with two attached hydrogens (primary N) is 1. The van der Waals surface area contributed by atoms with E-state index in [9.17, 15) is 18.0 Å². The molecule has 0 radical (unpaired) electrons. The van der Waals surface area contributed by atoms with Crippen LogP contribution in [0.5, 0.6) is 0 Å². The van der Waals surface area contributed by atoms with Crippen LogP contribution in [0, 0.1) is 5.95 Å². The van der Waals surface area contributed by atoms with Crippen LogP contribution in [0.4, 0.5) is 18.9 Å². The maximum absolute atomic E-state index is 12.7. The Labute approximate surface area is 81.7 Å². The van der Waals surface area contributed by atoms with Crippen molar-refractivity contribution in [3.05, 3.63) is 23.3 Å². The average molecular weight is 225 g/mol. The van der Waals surface area contributed by atoms with Gasteiger partial charge in [0.2, 0.25) is 5.95 Å². The number of pyridine rings is 1. The lowest BCUT2D eigenvalue weighted by Crippen LogP contribution is -2.06. The second kappa shape index (κ2) is 3.83.